The highest BCUT2D eigenvalue weighted by Gasteiger charge is 2.12. The van der Waals surface area contributed by atoms with Crippen LogP contribution < -0.4 is 16.0 Å². The van der Waals surface area contributed by atoms with Crippen LogP contribution in [0.25, 0.3) is 0 Å². The van der Waals surface area contributed by atoms with Gasteiger partial charge in [-0.1, -0.05) is 33.1 Å². The lowest BCUT2D eigenvalue weighted by molar-refractivity contribution is 0.236. The van der Waals surface area contributed by atoms with Crippen molar-refractivity contribution in [3.05, 3.63) is 0 Å². The fraction of sp³-hybridized carbons (Fsp3) is 0.941. The Hall–Kier alpha value is -0.770. The van der Waals surface area contributed by atoms with Crippen molar-refractivity contribution in [3.8, 4) is 0 Å². The third kappa shape index (κ3) is 9.72. The quantitative estimate of drug-likeness (QED) is 0.571. The zero-order valence-electron chi connectivity index (χ0n) is 14.2. The number of amides is 2. The first-order valence-corrected chi connectivity index (χ1v) is 8.85. The molecule has 1 fully saturated rings. The van der Waals surface area contributed by atoms with Gasteiger partial charge in [0.25, 0.3) is 0 Å². The average Bonchev–Trinajstić information content (AvgIpc) is 2.46. The zero-order valence-corrected chi connectivity index (χ0v) is 14.2. The fourth-order valence-electron chi connectivity index (χ4n) is 2.83. The van der Waals surface area contributed by atoms with Crippen LogP contribution in [0.5, 0.6) is 0 Å². The maximum atomic E-state index is 11.7. The molecular formula is C17H35N3O. The number of hydrogen-bond donors (Lipinski definition) is 3. The van der Waals surface area contributed by atoms with Gasteiger partial charge in [-0.15, -0.1) is 0 Å². The highest BCUT2D eigenvalue weighted by Crippen LogP contribution is 2.17. The molecule has 1 saturated carbocycles. The minimum atomic E-state index is -0.0241. The van der Waals surface area contributed by atoms with E-state index in [0.717, 1.165) is 32.4 Å². The van der Waals surface area contributed by atoms with Crippen molar-refractivity contribution in [1.29, 1.82) is 0 Å². The largest absolute Gasteiger partial charge is 0.338 e. The Balaban J connectivity index is 1.95. The number of urea groups is 1. The van der Waals surface area contributed by atoms with Crippen molar-refractivity contribution < 1.29 is 4.79 Å². The van der Waals surface area contributed by atoms with Crippen molar-refractivity contribution in [3.63, 3.8) is 0 Å². The van der Waals surface area contributed by atoms with E-state index >= 15 is 0 Å². The molecule has 1 rings (SSSR count). The second kappa shape index (κ2) is 10.9. The van der Waals surface area contributed by atoms with Gasteiger partial charge >= 0.3 is 6.03 Å². The lowest BCUT2D eigenvalue weighted by atomic mass is 9.95. The summed E-state index contributed by atoms with van der Waals surface area (Å²) < 4.78 is 0. The molecule has 4 nitrogen and oxygen atoms in total. The molecule has 1 unspecified atom stereocenters. The Kier molecular flexibility index (Phi) is 9.48. The first-order valence-electron chi connectivity index (χ1n) is 8.85. The lowest BCUT2D eigenvalue weighted by Gasteiger charge is -2.22. The van der Waals surface area contributed by atoms with Crippen LogP contribution >= 0.6 is 0 Å². The minimum Gasteiger partial charge on any atom is -0.338 e. The van der Waals surface area contributed by atoms with Gasteiger partial charge in [0.05, 0.1) is 0 Å². The zero-order chi connectivity index (χ0) is 15.5. The molecule has 0 saturated heterocycles. The highest BCUT2D eigenvalue weighted by atomic mass is 16.2. The SMILES string of the molecule is CC(C)CCC(C)NC(=O)NCCCNC1CCCCC1. The van der Waals surface area contributed by atoms with Crippen LogP contribution in [-0.4, -0.2) is 31.2 Å². The normalized spacial score (nSPS) is 17.7. The molecule has 4 heteroatoms. The Bertz CT molecular complexity index is 275. The molecule has 124 valence electrons. The molecule has 0 aliphatic heterocycles. The number of rotatable bonds is 9. The van der Waals surface area contributed by atoms with E-state index in [9.17, 15) is 4.79 Å². The molecule has 1 aliphatic carbocycles. The number of carbonyl (C=O) groups excluding carboxylic acids is 1. The third-order valence-electron chi connectivity index (χ3n) is 4.23. The summed E-state index contributed by atoms with van der Waals surface area (Å²) in [6.07, 6.45) is 9.99. The van der Waals surface area contributed by atoms with Crippen LogP contribution in [-0.2, 0) is 0 Å². The predicted octanol–water partition coefficient (Wildman–Crippen LogP) is 3.42. The van der Waals surface area contributed by atoms with Gasteiger partial charge in [0.1, 0.15) is 0 Å². The topological polar surface area (TPSA) is 53.2 Å². The van der Waals surface area contributed by atoms with Gasteiger partial charge in [0.2, 0.25) is 0 Å². The van der Waals surface area contributed by atoms with Gasteiger partial charge < -0.3 is 16.0 Å². The smallest absolute Gasteiger partial charge is 0.314 e. The van der Waals surface area contributed by atoms with Crippen molar-refractivity contribution in [2.75, 3.05) is 13.1 Å². The van der Waals surface area contributed by atoms with Crippen molar-refractivity contribution in [1.82, 2.24) is 16.0 Å². The molecule has 0 spiro atoms. The van der Waals surface area contributed by atoms with E-state index in [1.807, 2.05) is 0 Å². The van der Waals surface area contributed by atoms with Crippen LogP contribution in [0.2, 0.25) is 0 Å². The fourth-order valence-corrected chi connectivity index (χ4v) is 2.83. The predicted molar refractivity (Wildman–Crippen MR) is 89.6 cm³/mol. The minimum absolute atomic E-state index is 0.0241. The summed E-state index contributed by atoms with van der Waals surface area (Å²) in [5, 5.41) is 9.55. The summed E-state index contributed by atoms with van der Waals surface area (Å²) >= 11 is 0. The molecule has 1 atom stereocenters. The summed E-state index contributed by atoms with van der Waals surface area (Å²) in [7, 11) is 0. The summed E-state index contributed by atoms with van der Waals surface area (Å²) in [5.41, 5.74) is 0. The molecule has 0 heterocycles. The summed E-state index contributed by atoms with van der Waals surface area (Å²) in [6.45, 7) is 8.26. The van der Waals surface area contributed by atoms with Gasteiger partial charge in [0, 0.05) is 18.6 Å². The summed E-state index contributed by atoms with van der Waals surface area (Å²) in [6, 6.07) is 0.945. The van der Waals surface area contributed by atoms with Gasteiger partial charge in [-0.25, -0.2) is 4.79 Å². The monoisotopic (exact) mass is 297 g/mol. The van der Waals surface area contributed by atoms with Crippen molar-refractivity contribution in [2.24, 2.45) is 5.92 Å². The second-order valence-corrected chi connectivity index (χ2v) is 6.92. The lowest BCUT2D eigenvalue weighted by Crippen LogP contribution is -2.42. The second-order valence-electron chi connectivity index (χ2n) is 6.92. The average molecular weight is 297 g/mol. The van der Waals surface area contributed by atoms with Gasteiger partial charge in [-0.05, 0) is 51.5 Å². The first-order chi connectivity index (χ1) is 10.1. The van der Waals surface area contributed by atoms with E-state index in [-0.39, 0.29) is 12.1 Å². The van der Waals surface area contributed by atoms with E-state index in [1.165, 1.54) is 32.1 Å². The molecule has 3 N–H and O–H groups in total. The van der Waals surface area contributed by atoms with Crippen LogP contribution in [0.15, 0.2) is 0 Å². The first kappa shape index (κ1) is 18.3. The van der Waals surface area contributed by atoms with E-state index in [0.29, 0.717) is 12.0 Å². The molecule has 0 aromatic rings. The number of carbonyl (C=O) groups is 1. The molecule has 21 heavy (non-hydrogen) atoms. The Morgan fingerprint density at radius 3 is 2.43 bits per heavy atom. The molecule has 0 aromatic heterocycles. The maximum absolute atomic E-state index is 11.7. The van der Waals surface area contributed by atoms with E-state index in [1.54, 1.807) is 0 Å². The van der Waals surface area contributed by atoms with Gasteiger partial charge in [0.15, 0.2) is 0 Å². The van der Waals surface area contributed by atoms with Gasteiger partial charge in [-0.3, -0.25) is 0 Å². The Labute approximate surface area is 130 Å². The molecule has 0 bridgehead atoms. The Morgan fingerprint density at radius 2 is 1.76 bits per heavy atom. The Morgan fingerprint density at radius 1 is 1.05 bits per heavy atom. The summed E-state index contributed by atoms with van der Waals surface area (Å²) in [5.74, 6) is 0.697. The van der Waals surface area contributed by atoms with E-state index < -0.39 is 0 Å². The molecule has 0 radical (unpaired) electrons. The van der Waals surface area contributed by atoms with Crippen LogP contribution in [0.1, 0.15) is 72.1 Å². The highest BCUT2D eigenvalue weighted by molar-refractivity contribution is 5.74. The maximum Gasteiger partial charge on any atom is 0.314 e. The van der Waals surface area contributed by atoms with Crippen molar-refractivity contribution >= 4 is 6.03 Å². The van der Waals surface area contributed by atoms with E-state index in [2.05, 4.69) is 36.7 Å². The van der Waals surface area contributed by atoms with Crippen molar-refractivity contribution in [2.45, 2.75) is 84.2 Å². The molecule has 2 amide bonds. The van der Waals surface area contributed by atoms with Crippen LogP contribution in [0.3, 0.4) is 0 Å². The number of nitrogens with one attached hydrogen (secondary N) is 3. The van der Waals surface area contributed by atoms with Gasteiger partial charge in [-0.2, -0.15) is 0 Å². The van der Waals surface area contributed by atoms with E-state index in [4.69, 9.17) is 0 Å². The van der Waals surface area contributed by atoms with Crippen LogP contribution in [0.4, 0.5) is 4.79 Å². The van der Waals surface area contributed by atoms with Crippen LogP contribution in [0, 0.1) is 5.92 Å². The number of hydrogen-bond acceptors (Lipinski definition) is 2. The summed E-state index contributed by atoms with van der Waals surface area (Å²) in [4.78, 5) is 11.7. The third-order valence-corrected chi connectivity index (χ3v) is 4.23. The molecule has 1 aliphatic rings. The molecule has 0 aromatic carbocycles. The standard InChI is InChI=1S/C17H35N3O/c1-14(2)10-11-15(3)20-17(21)19-13-7-12-18-16-8-5-4-6-9-16/h14-16,18H,4-13H2,1-3H3,(H2,19,20,21). The molecular weight excluding hydrogens is 262 g/mol.